The molecule has 0 aliphatic rings. The number of carboxylic acids is 1. The Labute approximate surface area is 86.1 Å². The Balaban J connectivity index is 3.50. The Kier molecular flexibility index (Phi) is 2.84. The fourth-order valence-electron chi connectivity index (χ4n) is 1.000. The number of hydrogen-bond donors (Lipinski definition) is 1. The Morgan fingerprint density at radius 2 is 1.85 bits per heavy atom. The largest absolute Gasteiger partial charge is 0.478 e. The molecule has 0 aliphatic heterocycles. The molecule has 0 fully saturated rings. The molecule has 0 aromatic heterocycles. The zero-order chi connectivity index (χ0) is 10.2. The molecule has 0 radical (unpaired) electrons. The van der Waals surface area contributed by atoms with Gasteiger partial charge in [0.1, 0.15) is 0 Å². The molecule has 0 bridgehead atoms. The highest BCUT2D eigenvalue weighted by molar-refractivity contribution is 6.36. The van der Waals surface area contributed by atoms with Crippen molar-refractivity contribution < 1.29 is 9.90 Å². The molecule has 4 heteroatoms. The first kappa shape index (κ1) is 10.4. The zero-order valence-electron chi connectivity index (χ0n) is 7.19. The van der Waals surface area contributed by atoms with Crippen molar-refractivity contribution in [3.8, 4) is 0 Å². The summed E-state index contributed by atoms with van der Waals surface area (Å²) in [5.74, 6) is -1.06. The monoisotopic (exact) mass is 218 g/mol. The summed E-state index contributed by atoms with van der Waals surface area (Å²) in [5, 5.41) is 9.45. The van der Waals surface area contributed by atoms with Gasteiger partial charge in [-0.2, -0.15) is 0 Å². The third-order valence-corrected chi connectivity index (χ3v) is 2.87. The van der Waals surface area contributed by atoms with Crippen molar-refractivity contribution >= 4 is 29.2 Å². The first-order chi connectivity index (χ1) is 5.95. The molecule has 1 aromatic carbocycles. The Hall–Kier alpha value is -0.730. The normalized spacial score (nSPS) is 10.2. The molecule has 0 saturated heterocycles. The van der Waals surface area contributed by atoms with Crippen LogP contribution in [0.5, 0.6) is 0 Å². The molecular formula is C9H8Cl2O2. The number of carboxylic acid groups (broad SMARTS) is 1. The molecule has 2 nitrogen and oxygen atoms in total. The Morgan fingerprint density at radius 1 is 1.31 bits per heavy atom. The van der Waals surface area contributed by atoms with Crippen LogP contribution in [0.2, 0.25) is 10.0 Å². The number of halogens is 2. The van der Waals surface area contributed by atoms with E-state index in [-0.39, 0.29) is 10.6 Å². The van der Waals surface area contributed by atoms with Gasteiger partial charge in [0, 0.05) is 5.02 Å². The number of carbonyl (C=O) groups is 1. The van der Waals surface area contributed by atoms with Gasteiger partial charge in [0.05, 0.1) is 10.6 Å². The van der Waals surface area contributed by atoms with Crippen LogP contribution in [-0.2, 0) is 0 Å². The van der Waals surface area contributed by atoms with Gasteiger partial charge >= 0.3 is 5.97 Å². The fraction of sp³-hybridized carbons (Fsp3) is 0.222. The van der Waals surface area contributed by atoms with Gasteiger partial charge in [0.15, 0.2) is 0 Å². The van der Waals surface area contributed by atoms with Gasteiger partial charge in [-0.1, -0.05) is 23.2 Å². The first-order valence-corrected chi connectivity index (χ1v) is 4.39. The maximum atomic E-state index is 10.7. The van der Waals surface area contributed by atoms with Crippen LogP contribution < -0.4 is 0 Å². The smallest absolute Gasteiger partial charge is 0.337 e. The molecule has 1 rings (SSSR count). The van der Waals surface area contributed by atoms with E-state index in [0.717, 1.165) is 5.56 Å². The highest BCUT2D eigenvalue weighted by Crippen LogP contribution is 2.29. The van der Waals surface area contributed by atoms with E-state index in [4.69, 9.17) is 28.3 Å². The molecule has 0 aliphatic carbocycles. The van der Waals surface area contributed by atoms with Crippen LogP contribution >= 0.6 is 23.2 Å². The van der Waals surface area contributed by atoms with Crippen molar-refractivity contribution in [1.82, 2.24) is 0 Å². The highest BCUT2D eigenvalue weighted by Gasteiger charge is 2.14. The second-order valence-corrected chi connectivity index (χ2v) is 3.56. The molecule has 0 saturated carbocycles. The van der Waals surface area contributed by atoms with Crippen molar-refractivity contribution in [2.24, 2.45) is 0 Å². The lowest BCUT2D eigenvalue weighted by molar-refractivity contribution is 0.0697. The molecule has 1 aromatic rings. The van der Waals surface area contributed by atoms with E-state index in [1.165, 1.54) is 6.07 Å². The van der Waals surface area contributed by atoms with Gasteiger partial charge in [-0.15, -0.1) is 0 Å². The molecule has 0 atom stereocenters. The van der Waals surface area contributed by atoms with Crippen molar-refractivity contribution in [1.29, 1.82) is 0 Å². The topological polar surface area (TPSA) is 37.3 Å². The van der Waals surface area contributed by atoms with Crippen LogP contribution in [0.4, 0.5) is 0 Å². The standard InChI is InChI=1S/C9H8Cl2O2/c1-4-5(2)8(11)6(9(12)13)3-7(4)10/h3H,1-2H3,(H,12,13). The van der Waals surface area contributed by atoms with Gasteiger partial charge in [-0.3, -0.25) is 0 Å². The zero-order valence-corrected chi connectivity index (χ0v) is 8.70. The Bertz CT molecular complexity index is 372. The van der Waals surface area contributed by atoms with Crippen molar-refractivity contribution in [3.63, 3.8) is 0 Å². The lowest BCUT2D eigenvalue weighted by Gasteiger charge is -2.07. The highest BCUT2D eigenvalue weighted by atomic mass is 35.5. The maximum absolute atomic E-state index is 10.7. The number of hydrogen-bond acceptors (Lipinski definition) is 1. The van der Waals surface area contributed by atoms with E-state index in [2.05, 4.69) is 0 Å². The second-order valence-electron chi connectivity index (χ2n) is 2.78. The van der Waals surface area contributed by atoms with Crippen molar-refractivity contribution in [3.05, 3.63) is 32.8 Å². The number of benzene rings is 1. The molecule has 0 spiro atoms. The van der Waals surface area contributed by atoms with Gasteiger partial charge in [0.2, 0.25) is 0 Å². The summed E-state index contributed by atoms with van der Waals surface area (Å²) < 4.78 is 0. The summed E-state index contributed by atoms with van der Waals surface area (Å²) in [4.78, 5) is 10.7. The second kappa shape index (κ2) is 3.56. The Morgan fingerprint density at radius 3 is 2.31 bits per heavy atom. The minimum absolute atomic E-state index is 0.0507. The first-order valence-electron chi connectivity index (χ1n) is 3.63. The van der Waals surface area contributed by atoms with Crippen molar-refractivity contribution in [2.45, 2.75) is 13.8 Å². The number of rotatable bonds is 1. The minimum Gasteiger partial charge on any atom is -0.478 e. The van der Waals surface area contributed by atoms with Crippen LogP contribution in [0, 0.1) is 13.8 Å². The summed E-state index contributed by atoms with van der Waals surface area (Å²) in [6.45, 7) is 3.55. The predicted molar refractivity (Wildman–Crippen MR) is 52.9 cm³/mol. The van der Waals surface area contributed by atoms with Gasteiger partial charge in [-0.05, 0) is 31.0 Å². The van der Waals surface area contributed by atoms with E-state index in [1.54, 1.807) is 13.8 Å². The molecule has 70 valence electrons. The van der Waals surface area contributed by atoms with E-state index in [0.29, 0.717) is 10.6 Å². The van der Waals surface area contributed by atoms with E-state index in [1.807, 2.05) is 0 Å². The van der Waals surface area contributed by atoms with Crippen LogP contribution in [0.25, 0.3) is 0 Å². The number of aromatic carboxylic acids is 1. The van der Waals surface area contributed by atoms with Crippen LogP contribution in [0.1, 0.15) is 21.5 Å². The summed E-state index contributed by atoms with van der Waals surface area (Å²) >= 11 is 11.6. The molecule has 1 N–H and O–H groups in total. The average molecular weight is 219 g/mol. The third-order valence-electron chi connectivity index (χ3n) is 1.99. The maximum Gasteiger partial charge on any atom is 0.337 e. The van der Waals surface area contributed by atoms with Crippen LogP contribution in [0.3, 0.4) is 0 Å². The quantitative estimate of drug-likeness (QED) is 0.786. The van der Waals surface area contributed by atoms with E-state index >= 15 is 0 Å². The molecule has 0 amide bonds. The van der Waals surface area contributed by atoms with Gasteiger partial charge in [0.25, 0.3) is 0 Å². The van der Waals surface area contributed by atoms with Crippen LogP contribution in [-0.4, -0.2) is 11.1 Å². The van der Waals surface area contributed by atoms with Gasteiger partial charge < -0.3 is 5.11 Å². The molecule has 13 heavy (non-hydrogen) atoms. The fourth-order valence-corrected chi connectivity index (χ4v) is 1.53. The summed E-state index contributed by atoms with van der Waals surface area (Å²) in [6, 6.07) is 1.37. The lowest BCUT2D eigenvalue weighted by atomic mass is 10.1. The van der Waals surface area contributed by atoms with Gasteiger partial charge in [-0.25, -0.2) is 4.79 Å². The summed E-state index contributed by atoms with van der Waals surface area (Å²) in [7, 11) is 0. The SMILES string of the molecule is Cc1c(Cl)cc(C(=O)O)c(Cl)c1C. The molecule has 0 unspecified atom stereocenters. The molecular weight excluding hydrogens is 211 g/mol. The summed E-state index contributed by atoms with van der Waals surface area (Å²) in [6.07, 6.45) is 0. The summed E-state index contributed by atoms with van der Waals surface area (Å²) in [5.41, 5.74) is 1.58. The average Bonchev–Trinajstić information content (AvgIpc) is 2.07. The van der Waals surface area contributed by atoms with E-state index in [9.17, 15) is 4.79 Å². The van der Waals surface area contributed by atoms with Crippen LogP contribution in [0.15, 0.2) is 6.07 Å². The molecule has 0 heterocycles. The van der Waals surface area contributed by atoms with Crippen molar-refractivity contribution in [2.75, 3.05) is 0 Å². The van der Waals surface area contributed by atoms with E-state index < -0.39 is 5.97 Å². The minimum atomic E-state index is -1.06. The predicted octanol–water partition coefficient (Wildman–Crippen LogP) is 3.31. The third kappa shape index (κ3) is 1.79. The lowest BCUT2D eigenvalue weighted by Crippen LogP contribution is -2.00.